The first kappa shape index (κ1) is 16.0. The van der Waals surface area contributed by atoms with Gasteiger partial charge in [0.2, 0.25) is 0 Å². The van der Waals surface area contributed by atoms with Crippen molar-refractivity contribution in [1.29, 1.82) is 0 Å². The van der Waals surface area contributed by atoms with Crippen LogP contribution in [0, 0.1) is 0 Å². The second-order valence-corrected chi connectivity index (χ2v) is 4.67. The summed E-state index contributed by atoms with van der Waals surface area (Å²) in [5.41, 5.74) is 1.22. The molecule has 0 bridgehead atoms. The highest BCUT2D eigenvalue weighted by atomic mass is 16.5. The van der Waals surface area contributed by atoms with E-state index in [2.05, 4.69) is 31.3 Å². The van der Waals surface area contributed by atoms with Gasteiger partial charge in [0.25, 0.3) is 0 Å². The molecule has 0 aliphatic heterocycles. The van der Waals surface area contributed by atoms with Crippen molar-refractivity contribution in [3.05, 3.63) is 29.8 Å². The van der Waals surface area contributed by atoms with E-state index < -0.39 is 0 Å². The molecule has 0 aliphatic rings. The van der Waals surface area contributed by atoms with Gasteiger partial charge >= 0.3 is 0 Å². The van der Waals surface area contributed by atoms with Crippen molar-refractivity contribution in [1.82, 2.24) is 5.32 Å². The number of likely N-dealkylation sites (N-methyl/N-ethyl adjacent to an activating group) is 1. The highest BCUT2D eigenvalue weighted by Crippen LogP contribution is 2.19. The molecule has 0 amide bonds. The molecule has 3 heteroatoms. The molecule has 3 nitrogen and oxygen atoms in total. The van der Waals surface area contributed by atoms with Crippen LogP contribution in [0.2, 0.25) is 0 Å². The standard InChI is InChI=1S/C16H27NO2/c1-4-6-7-11-19-13-16(17-5-2)14-9-8-10-15(12-14)18-3/h8-10,12,16-17H,4-7,11,13H2,1-3H3. The van der Waals surface area contributed by atoms with Crippen molar-refractivity contribution in [3.63, 3.8) is 0 Å². The minimum Gasteiger partial charge on any atom is -0.497 e. The molecule has 19 heavy (non-hydrogen) atoms. The molecule has 1 rings (SSSR count). The molecule has 1 atom stereocenters. The highest BCUT2D eigenvalue weighted by Gasteiger charge is 2.11. The SMILES string of the molecule is CCCCCOCC(NCC)c1cccc(OC)c1. The summed E-state index contributed by atoms with van der Waals surface area (Å²) in [6.45, 7) is 6.81. The zero-order chi connectivity index (χ0) is 13.9. The maximum absolute atomic E-state index is 5.78. The Morgan fingerprint density at radius 3 is 2.74 bits per heavy atom. The lowest BCUT2D eigenvalue weighted by molar-refractivity contribution is 0.108. The van der Waals surface area contributed by atoms with E-state index >= 15 is 0 Å². The molecule has 0 aliphatic carbocycles. The second kappa shape index (κ2) is 9.82. The van der Waals surface area contributed by atoms with Gasteiger partial charge in [-0.15, -0.1) is 0 Å². The van der Waals surface area contributed by atoms with E-state index in [0.29, 0.717) is 6.61 Å². The third kappa shape index (κ3) is 6.08. The van der Waals surface area contributed by atoms with Gasteiger partial charge in [0.05, 0.1) is 19.8 Å². The lowest BCUT2D eigenvalue weighted by atomic mass is 10.1. The number of ether oxygens (including phenoxy) is 2. The number of benzene rings is 1. The molecule has 0 saturated carbocycles. The Morgan fingerprint density at radius 1 is 1.21 bits per heavy atom. The molecule has 108 valence electrons. The number of rotatable bonds is 10. The largest absolute Gasteiger partial charge is 0.497 e. The molecular formula is C16H27NO2. The predicted molar refractivity (Wildman–Crippen MR) is 79.8 cm³/mol. The Hall–Kier alpha value is -1.06. The van der Waals surface area contributed by atoms with E-state index in [-0.39, 0.29) is 6.04 Å². The lowest BCUT2D eigenvalue weighted by Crippen LogP contribution is -2.25. The van der Waals surface area contributed by atoms with Crippen LogP contribution < -0.4 is 10.1 Å². The van der Waals surface area contributed by atoms with Crippen LogP contribution in [-0.4, -0.2) is 26.9 Å². The summed E-state index contributed by atoms with van der Waals surface area (Å²) in [5, 5.41) is 3.46. The molecular weight excluding hydrogens is 238 g/mol. The number of unbranched alkanes of at least 4 members (excludes halogenated alkanes) is 2. The minimum atomic E-state index is 0.238. The van der Waals surface area contributed by atoms with Gasteiger partial charge in [-0.05, 0) is 30.7 Å². The first-order valence-electron chi connectivity index (χ1n) is 7.26. The van der Waals surface area contributed by atoms with Crippen molar-refractivity contribution < 1.29 is 9.47 Å². The van der Waals surface area contributed by atoms with E-state index in [0.717, 1.165) is 25.3 Å². The molecule has 1 aromatic carbocycles. The first-order chi connectivity index (χ1) is 9.31. The zero-order valence-electron chi connectivity index (χ0n) is 12.4. The fraction of sp³-hybridized carbons (Fsp3) is 0.625. The van der Waals surface area contributed by atoms with E-state index in [1.807, 2.05) is 12.1 Å². The van der Waals surface area contributed by atoms with Gasteiger partial charge in [-0.3, -0.25) is 0 Å². The van der Waals surface area contributed by atoms with E-state index in [1.165, 1.54) is 18.4 Å². The van der Waals surface area contributed by atoms with Crippen LogP contribution in [0.4, 0.5) is 0 Å². The third-order valence-corrected chi connectivity index (χ3v) is 3.12. The van der Waals surface area contributed by atoms with Gasteiger partial charge in [0.15, 0.2) is 0 Å². The number of hydrogen-bond donors (Lipinski definition) is 1. The molecule has 0 radical (unpaired) electrons. The van der Waals surface area contributed by atoms with Crippen LogP contribution in [0.25, 0.3) is 0 Å². The van der Waals surface area contributed by atoms with E-state index in [9.17, 15) is 0 Å². The third-order valence-electron chi connectivity index (χ3n) is 3.12. The second-order valence-electron chi connectivity index (χ2n) is 4.67. The van der Waals surface area contributed by atoms with Crippen molar-refractivity contribution >= 4 is 0 Å². The summed E-state index contributed by atoms with van der Waals surface area (Å²) < 4.78 is 11.0. The van der Waals surface area contributed by atoms with Crippen LogP contribution in [0.3, 0.4) is 0 Å². The molecule has 0 saturated heterocycles. The van der Waals surface area contributed by atoms with Gasteiger partial charge in [-0.2, -0.15) is 0 Å². The molecule has 0 heterocycles. The molecule has 0 spiro atoms. The lowest BCUT2D eigenvalue weighted by Gasteiger charge is -2.19. The highest BCUT2D eigenvalue weighted by molar-refractivity contribution is 5.30. The quantitative estimate of drug-likeness (QED) is 0.656. The molecule has 0 fully saturated rings. The van der Waals surface area contributed by atoms with Crippen molar-refractivity contribution in [2.45, 2.75) is 39.2 Å². The zero-order valence-corrected chi connectivity index (χ0v) is 12.4. The van der Waals surface area contributed by atoms with Gasteiger partial charge < -0.3 is 14.8 Å². The Kier molecular flexibility index (Phi) is 8.26. The predicted octanol–water partition coefficient (Wildman–Crippen LogP) is 3.55. The van der Waals surface area contributed by atoms with E-state index in [1.54, 1.807) is 7.11 Å². The summed E-state index contributed by atoms with van der Waals surface area (Å²) in [6.07, 6.45) is 3.62. The Morgan fingerprint density at radius 2 is 2.05 bits per heavy atom. The summed E-state index contributed by atoms with van der Waals surface area (Å²) in [5.74, 6) is 0.895. The molecule has 0 aromatic heterocycles. The van der Waals surface area contributed by atoms with Crippen molar-refractivity contribution in [2.24, 2.45) is 0 Å². The normalized spacial score (nSPS) is 12.4. The van der Waals surface area contributed by atoms with Crippen LogP contribution in [0.1, 0.15) is 44.7 Å². The Balaban J connectivity index is 2.50. The maximum Gasteiger partial charge on any atom is 0.119 e. The molecule has 1 N–H and O–H groups in total. The number of methoxy groups -OCH3 is 1. The summed E-state index contributed by atoms with van der Waals surface area (Å²) in [7, 11) is 1.70. The van der Waals surface area contributed by atoms with Crippen LogP contribution >= 0.6 is 0 Å². The minimum absolute atomic E-state index is 0.238. The van der Waals surface area contributed by atoms with Gasteiger partial charge in [-0.25, -0.2) is 0 Å². The van der Waals surface area contributed by atoms with Gasteiger partial charge in [0.1, 0.15) is 5.75 Å². The average molecular weight is 265 g/mol. The summed E-state index contributed by atoms with van der Waals surface area (Å²) >= 11 is 0. The Labute approximate surface area is 117 Å². The number of nitrogens with one attached hydrogen (secondary N) is 1. The van der Waals surface area contributed by atoms with Crippen LogP contribution in [-0.2, 0) is 4.74 Å². The average Bonchev–Trinajstić information content (AvgIpc) is 2.46. The summed E-state index contributed by atoms with van der Waals surface area (Å²) in [6, 6.07) is 8.42. The van der Waals surface area contributed by atoms with Gasteiger partial charge in [0, 0.05) is 6.61 Å². The first-order valence-corrected chi connectivity index (χ1v) is 7.26. The Bertz CT molecular complexity index is 341. The monoisotopic (exact) mass is 265 g/mol. The van der Waals surface area contributed by atoms with Crippen LogP contribution in [0.5, 0.6) is 5.75 Å². The van der Waals surface area contributed by atoms with Crippen molar-refractivity contribution in [2.75, 3.05) is 26.9 Å². The molecule has 1 aromatic rings. The fourth-order valence-corrected chi connectivity index (χ4v) is 2.03. The van der Waals surface area contributed by atoms with Crippen LogP contribution in [0.15, 0.2) is 24.3 Å². The maximum atomic E-state index is 5.78. The van der Waals surface area contributed by atoms with Gasteiger partial charge in [-0.1, -0.05) is 38.8 Å². The topological polar surface area (TPSA) is 30.5 Å². The van der Waals surface area contributed by atoms with Crippen molar-refractivity contribution in [3.8, 4) is 5.75 Å². The smallest absolute Gasteiger partial charge is 0.119 e. The number of hydrogen-bond acceptors (Lipinski definition) is 3. The van der Waals surface area contributed by atoms with E-state index in [4.69, 9.17) is 9.47 Å². The fourth-order valence-electron chi connectivity index (χ4n) is 2.03. The molecule has 1 unspecified atom stereocenters. The summed E-state index contributed by atoms with van der Waals surface area (Å²) in [4.78, 5) is 0.